The zero-order valence-corrected chi connectivity index (χ0v) is 22.7. The minimum Gasteiger partial charge on any atom is -0.456 e. The lowest BCUT2D eigenvalue weighted by atomic mass is 9.84. The van der Waals surface area contributed by atoms with E-state index in [2.05, 4.69) is 42.3 Å². The molecule has 0 radical (unpaired) electrons. The van der Waals surface area contributed by atoms with Crippen molar-refractivity contribution in [1.82, 2.24) is 15.0 Å². The summed E-state index contributed by atoms with van der Waals surface area (Å²) >= 11 is 0. The third kappa shape index (κ3) is 8.23. The first-order valence-corrected chi connectivity index (χ1v) is 13.3. The maximum absolute atomic E-state index is 13.4. The Kier molecular flexibility index (Phi) is 11.9. The van der Waals surface area contributed by atoms with E-state index in [4.69, 9.17) is 20.9 Å². The van der Waals surface area contributed by atoms with Gasteiger partial charge < -0.3 is 26.0 Å². The highest BCUT2D eigenvalue weighted by Gasteiger charge is 2.38. The lowest BCUT2D eigenvalue weighted by Gasteiger charge is -2.36. The van der Waals surface area contributed by atoms with Crippen molar-refractivity contribution >= 4 is 17.9 Å². The fourth-order valence-electron chi connectivity index (χ4n) is 4.23. The van der Waals surface area contributed by atoms with E-state index in [0.29, 0.717) is 36.1 Å². The van der Waals surface area contributed by atoms with Gasteiger partial charge in [0.05, 0.1) is 11.2 Å². The molecular weight excluding hydrogens is 470 g/mol. The Morgan fingerprint density at radius 3 is 2.14 bits per heavy atom. The van der Waals surface area contributed by atoms with Crippen LogP contribution < -0.4 is 11.5 Å². The van der Waals surface area contributed by atoms with Crippen LogP contribution in [0.2, 0.25) is 0 Å². The summed E-state index contributed by atoms with van der Waals surface area (Å²) in [5.41, 5.74) is 12.0. The van der Waals surface area contributed by atoms with Gasteiger partial charge in [0, 0.05) is 12.2 Å². The SMILES string of the molecule is C=C(C(=O)OC(C)C(O)c1ccccc1-c1nc(N)nc(N)n1)C(CCCC)(CCCC)OCCCC. The van der Waals surface area contributed by atoms with E-state index in [-0.39, 0.29) is 17.7 Å². The first-order valence-electron chi connectivity index (χ1n) is 13.3. The number of nitrogen functional groups attached to an aromatic ring is 2. The van der Waals surface area contributed by atoms with Crippen LogP contribution in [0.4, 0.5) is 11.9 Å². The maximum Gasteiger partial charge on any atom is 0.336 e. The number of anilines is 2. The van der Waals surface area contributed by atoms with Crippen LogP contribution in [-0.4, -0.2) is 44.3 Å². The van der Waals surface area contributed by atoms with E-state index < -0.39 is 23.8 Å². The van der Waals surface area contributed by atoms with E-state index in [1.807, 2.05) is 0 Å². The number of nitrogens with zero attached hydrogens (tertiary/aromatic N) is 3. The number of carbonyl (C=O) groups excluding carboxylic acids is 1. The van der Waals surface area contributed by atoms with Gasteiger partial charge in [0.15, 0.2) is 5.82 Å². The van der Waals surface area contributed by atoms with Gasteiger partial charge in [0.2, 0.25) is 11.9 Å². The molecule has 5 N–H and O–H groups in total. The van der Waals surface area contributed by atoms with E-state index in [1.54, 1.807) is 31.2 Å². The Bertz CT molecular complexity index is 1000. The molecule has 204 valence electrons. The fraction of sp³-hybridized carbons (Fsp3) is 0.571. The topological polar surface area (TPSA) is 146 Å². The van der Waals surface area contributed by atoms with Crippen molar-refractivity contribution in [2.45, 2.75) is 96.9 Å². The zero-order valence-electron chi connectivity index (χ0n) is 22.7. The van der Waals surface area contributed by atoms with Crippen LogP contribution >= 0.6 is 0 Å². The van der Waals surface area contributed by atoms with Crippen LogP contribution in [0.3, 0.4) is 0 Å². The molecule has 0 saturated carbocycles. The highest BCUT2D eigenvalue weighted by molar-refractivity contribution is 5.90. The molecule has 37 heavy (non-hydrogen) atoms. The molecule has 0 bridgehead atoms. The molecule has 2 unspecified atom stereocenters. The quantitative estimate of drug-likeness (QED) is 0.157. The number of ether oxygens (including phenoxy) is 2. The van der Waals surface area contributed by atoms with Crippen LogP contribution in [0.15, 0.2) is 36.4 Å². The molecule has 2 aromatic rings. The predicted molar refractivity (Wildman–Crippen MR) is 146 cm³/mol. The molecule has 0 fully saturated rings. The molecule has 0 aliphatic carbocycles. The second-order valence-electron chi connectivity index (χ2n) is 9.40. The van der Waals surface area contributed by atoms with Crippen LogP contribution in [0.25, 0.3) is 11.4 Å². The average Bonchev–Trinajstić information content (AvgIpc) is 2.88. The van der Waals surface area contributed by atoms with Gasteiger partial charge in [-0.3, -0.25) is 0 Å². The maximum atomic E-state index is 13.4. The highest BCUT2D eigenvalue weighted by atomic mass is 16.6. The summed E-state index contributed by atoms with van der Waals surface area (Å²) in [6.07, 6.45) is 5.03. The van der Waals surface area contributed by atoms with Crippen molar-refractivity contribution in [2.24, 2.45) is 0 Å². The van der Waals surface area contributed by atoms with Crippen LogP contribution in [0.1, 0.15) is 90.7 Å². The molecule has 2 atom stereocenters. The summed E-state index contributed by atoms with van der Waals surface area (Å²) in [7, 11) is 0. The van der Waals surface area contributed by atoms with E-state index in [0.717, 1.165) is 38.5 Å². The molecular formula is C28H43N5O4. The lowest BCUT2D eigenvalue weighted by Crippen LogP contribution is -2.40. The first-order chi connectivity index (χ1) is 17.7. The second kappa shape index (κ2) is 14.6. The van der Waals surface area contributed by atoms with Gasteiger partial charge in [-0.15, -0.1) is 0 Å². The van der Waals surface area contributed by atoms with Gasteiger partial charge in [-0.25, -0.2) is 4.79 Å². The number of hydrogen-bond donors (Lipinski definition) is 3. The molecule has 1 heterocycles. The molecule has 0 spiro atoms. The number of aromatic nitrogens is 3. The van der Waals surface area contributed by atoms with E-state index in [9.17, 15) is 9.90 Å². The summed E-state index contributed by atoms with van der Waals surface area (Å²) in [5.74, 6) is -0.395. The van der Waals surface area contributed by atoms with Crippen LogP contribution in [0.5, 0.6) is 0 Å². The van der Waals surface area contributed by atoms with Gasteiger partial charge in [-0.05, 0) is 31.7 Å². The first kappa shape index (κ1) is 30.2. The molecule has 9 heteroatoms. The minimum absolute atomic E-state index is 0.0267. The van der Waals surface area contributed by atoms with Gasteiger partial charge in [-0.1, -0.05) is 83.7 Å². The predicted octanol–water partition coefficient (Wildman–Crippen LogP) is 5.16. The minimum atomic E-state index is -1.16. The summed E-state index contributed by atoms with van der Waals surface area (Å²) in [5, 5.41) is 11.2. The summed E-state index contributed by atoms with van der Waals surface area (Å²) in [6.45, 7) is 12.7. The van der Waals surface area contributed by atoms with Gasteiger partial charge >= 0.3 is 5.97 Å². The van der Waals surface area contributed by atoms with Crippen molar-refractivity contribution in [3.05, 3.63) is 42.0 Å². The molecule has 1 aromatic heterocycles. The number of aliphatic hydroxyl groups excluding tert-OH is 1. The van der Waals surface area contributed by atoms with Crippen LogP contribution in [0, 0.1) is 0 Å². The van der Waals surface area contributed by atoms with E-state index >= 15 is 0 Å². The molecule has 9 nitrogen and oxygen atoms in total. The second-order valence-corrected chi connectivity index (χ2v) is 9.40. The third-order valence-electron chi connectivity index (χ3n) is 6.47. The van der Waals surface area contributed by atoms with Crippen molar-refractivity contribution in [2.75, 3.05) is 18.1 Å². The summed E-state index contributed by atoms with van der Waals surface area (Å²) in [6, 6.07) is 7.01. The third-order valence-corrected chi connectivity index (χ3v) is 6.47. The fourth-order valence-corrected chi connectivity index (χ4v) is 4.23. The largest absolute Gasteiger partial charge is 0.456 e. The lowest BCUT2D eigenvalue weighted by molar-refractivity contribution is -0.153. The number of aliphatic hydroxyl groups is 1. The number of unbranched alkanes of at least 4 members (excludes halogenated alkanes) is 3. The molecule has 0 aliphatic rings. The Balaban J connectivity index is 2.28. The number of nitrogens with two attached hydrogens (primary N) is 2. The number of benzene rings is 1. The van der Waals surface area contributed by atoms with Gasteiger partial charge in [0.25, 0.3) is 0 Å². The molecule has 0 amide bonds. The number of hydrogen-bond acceptors (Lipinski definition) is 9. The number of rotatable bonds is 16. The molecule has 0 saturated heterocycles. The van der Waals surface area contributed by atoms with Crippen molar-refractivity contribution in [3.8, 4) is 11.4 Å². The number of carbonyl (C=O) groups is 1. The van der Waals surface area contributed by atoms with Gasteiger partial charge in [-0.2, -0.15) is 15.0 Å². The molecule has 1 aromatic carbocycles. The highest BCUT2D eigenvalue weighted by Crippen LogP contribution is 2.35. The van der Waals surface area contributed by atoms with Crippen molar-refractivity contribution in [3.63, 3.8) is 0 Å². The molecule has 0 aliphatic heterocycles. The monoisotopic (exact) mass is 513 g/mol. The van der Waals surface area contributed by atoms with Crippen molar-refractivity contribution in [1.29, 1.82) is 0 Å². The Labute approximate surface area is 220 Å². The average molecular weight is 514 g/mol. The summed E-state index contributed by atoms with van der Waals surface area (Å²) in [4.78, 5) is 25.5. The van der Waals surface area contributed by atoms with Gasteiger partial charge in [0.1, 0.15) is 12.2 Å². The van der Waals surface area contributed by atoms with Crippen molar-refractivity contribution < 1.29 is 19.4 Å². The normalized spacial score (nSPS) is 13.2. The standard InChI is InChI=1S/C28H43N5O4/c1-6-9-16-28(17-10-7-2,36-18-11-8-3)19(4)25(35)37-20(5)23(34)21-14-12-13-15-22(21)24-31-26(29)33-27(30)32-24/h12-15,20,23,34H,4,6-11,16-18H2,1-3,5H3,(H4,29,30,31,32,33). The van der Waals surface area contributed by atoms with E-state index in [1.165, 1.54) is 0 Å². The zero-order chi connectivity index (χ0) is 27.4. The Hall–Kier alpha value is -3.04. The smallest absolute Gasteiger partial charge is 0.336 e. The molecule has 2 rings (SSSR count). The van der Waals surface area contributed by atoms with Crippen LogP contribution in [-0.2, 0) is 14.3 Å². The summed E-state index contributed by atoms with van der Waals surface area (Å²) < 4.78 is 12.1. The number of esters is 1. The Morgan fingerprint density at radius 1 is 1.00 bits per heavy atom. The Morgan fingerprint density at radius 2 is 1.57 bits per heavy atom.